The van der Waals surface area contributed by atoms with Crippen LogP contribution in [-0.4, -0.2) is 25.3 Å². The molecule has 28 heavy (non-hydrogen) atoms. The lowest BCUT2D eigenvalue weighted by Gasteiger charge is -2.09. The molecule has 0 radical (unpaired) electrons. The Morgan fingerprint density at radius 1 is 0.964 bits per heavy atom. The van der Waals surface area contributed by atoms with E-state index in [1.54, 1.807) is 42.5 Å². The summed E-state index contributed by atoms with van der Waals surface area (Å²) >= 11 is 0. The average molecular weight is 382 g/mol. The largest absolute Gasteiger partial charge is 0.491 e. The minimum Gasteiger partial charge on any atom is -0.491 e. The van der Waals surface area contributed by atoms with Crippen molar-refractivity contribution in [1.29, 1.82) is 0 Å². The zero-order valence-corrected chi connectivity index (χ0v) is 14.7. The minimum atomic E-state index is -0.681. The Balaban J connectivity index is 1.42. The zero-order chi connectivity index (χ0) is 19.5. The van der Waals surface area contributed by atoms with Gasteiger partial charge in [-0.2, -0.15) is 0 Å². The van der Waals surface area contributed by atoms with Crippen molar-refractivity contribution in [2.45, 2.75) is 6.10 Å². The van der Waals surface area contributed by atoms with Crippen LogP contribution in [0.15, 0.2) is 66.7 Å². The van der Waals surface area contributed by atoms with E-state index in [2.05, 4.69) is 0 Å². The number of halogens is 2. The van der Waals surface area contributed by atoms with Gasteiger partial charge in [0.1, 0.15) is 24.3 Å². The molecule has 1 saturated heterocycles. The standard InChI is InChI=1S/C22H16F2O4/c23-17-6-1-14(2-7-17)16-5-10-21(20(24)11-16)28-22(25)15-3-8-18(9-4-15)26-12-19-13-27-19/h1-11,19H,12-13H2. The number of epoxide rings is 1. The first-order chi connectivity index (χ1) is 13.6. The van der Waals surface area contributed by atoms with Crippen molar-refractivity contribution in [1.82, 2.24) is 0 Å². The first-order valence-electron chi connectivity index (χ1n) is 8.70. The topological polar surface area (TPSA) is 48.1 Å². The number of benzene rings is 3. The fourth-order valence-corrected chi connectivity index (χ4v) is 2.60. The van der Waals surface area contributed by atoms with E-state index in [4.69, 9.17) is 14.2 Å². The van der Waals surface area contributed by atoms with Gasteiger partial charge in [-0.1, -0.05) is 18.2 Å². The molecule has 1 atom stereocenters. The van der Waals surface area contributed by atoms with E-state index in [-0.39, 0.29) is 23.2 Å². The summed E-state index contributed by atoms with van der Waals surface area (Å²) in [6.07, 6.45) is 0.144. The van der Waals surface area contributed by atoms with E-state index in [0.29, 0.717) is 30.1 Å². The number of ether oxygens (including phenoxy) is 3. The summed E-state index contributed by atoms with van der Waals surface area (Å²) in [5, 5.41) is 0. The molecule has 1 heterocycles. The third-order valence-corrected chi connectivity index (χ3v) is 4.24. The molecular formula is C22H16F2O4. The SMILES string of the molecule is O=C(Oc1ccc(-c2ccc(F)cc2)cc1F)c1ccc(OCC2CO2)cc1. The predicted octanol–water partition coefficient (Wildman–Crippen LogP) is 4.63. The maximum Gasteiger partial charge on any atom is 0.343 e. The lowest BCUT2D eigenvalue weighted by molar-refractivity contribution is 0.0728. The molecule has 0 spiro atoms. The quantitative estimate of drug-likeness (QED) is 0.354. The number of rotatable bonds is 6. The first kappa shape index (κ1) is 18.1. The Hall–Kier alpha value is -3.25. The molecule has 0 amide bonds. The molecule has 1 fully saturated rings. The van der Waals surface area contributed by atoms with E-state index >= 15 is 0 Å². The first-order valence-corrected chi connectivity index (χ1v) is 8.70. The second-order valence-corrected chi connectivity index (χ2v) is 6.33. The highest BCUT2D eigenvalue weighted by atomic mass is 19.1. The summed E-state index contributed by atoms with van der Waals surface area (Å²) in [5.74, 6) is -1.29. The predicted molar refractivity (Wildman–Crippen MR) is 98.4 cm³/mol. The number of carbonyl (C=O) groups excluding carboxylic acids is 1. The molecule has 6 heteroatoms. The van der Waals surface area contributed by atoms with E-state index in [0.717, 1.165) is 0 Å². The number of carbonyl (C=O) groups is 1. The Bertz CT molecular complexity index is 980. The average Bonchev–Trinajstić information content (AvgIpc) is 3.53. The fourth-order valence-electron chi connectivity index (χ4n) is 2.60. The molecule has 142 valence electrons. The van der Waals surface area contributed by atoms with E-state index in [1.807, 2.05) is 0 Å². The summed E-state index contributed by atoms with van der Waals surface area (Å²) < 4.78 is 43.1. The monoisotopic (exact) mass is 382 g/mol. The van der Waals surface area contributed by atoms with Crippen molar-refractivity contribution >= 4 is 5.97 Å². The Kier molecular flexibility index (Phi) is 5.04. The summed E-state index contributed by atoms with van der Waals surface area (Å²) in [6.45, 7) is 1.17. The molecule has 1 unspecified atom stereocenters. The van der Waals surface area contributed by atoms with Crippen molar-refractivity contribution < 1.29 is 27.8 Å². The molecule has 0 aliphatic carbocycles. The van der Waals surface area contributed by atoms with Crippen LogP contribution in [0, 0.1) is 11.6 Å². The summed E-state index contributed by atoms with van der Waals surface area (Å²) in [7, 11) is 0. The molecule has 4 nitrogen and oxygen atoms in total. The molecule has 3 aromatic rings. The Labute approximate surface area is 160 Å². The van der Waals surface area contributed by atoms with Gasteiger partial charge in [0.15, 0.2) is 11.6 Å². The summed E-state index contributed by atoms with van der Waals surface area (Å²) in [6, 6.07) is 16.3. The van der Waals surface area contributed by atoms with Gasteiger partial charge in [0.25, 0.3) is 0 Å². The zero-order valence-electron chi connectivity index (χ0n) is 14.7. The number of esters is 1. The maximum atomic E-state index is 14.4. The van der Waals surface area contributed by atoms with Crippen LogP contribution in [0.4, 0.5) is 8.78 Å². The summed E-state index contributed by atoms with van der Waals surface area (Å²) in [4.78, 5) is 12.3. The van der Waals surface area contributed by atoms with Gasteiger partial charge in [-0.25, -0.2) is 13.6 Å². The van der Waals surface area contributed by atoms with Crippen LogP contribution in [0.25, 0.3) is 11.1 Å². The third-order valence-electron chi connectivity index (χ3n) is 4.24. The van der Waals surface area contributed by atoms with Crippen LogP contribution in [0.2, 0.25) is 0 Å². The van der Waals surface area contributed by atoms with Gasteiger partial charge >= 0.3 is 5.97 Å². The van der Waals surface area contributed by atoms with Crippen LogP contribution in [-0.2, 0) is 4.74 Å². The summed E-state index contributed by atoms with van der Waals surface area (Å²) in [5.41, 5.74) is 1.49. The normalized spacial score (nSPS) is 15.1. The van der Waals surface area contributed by atoms with Crippen molar-refractivity contribution in [2.75, 3.05) is 13.2 Å². The van der Waals surface area contributed by atoms with Crippen LogP contribution in [0.3, 0.4) is 0 Å². The van der Waals surface area contributed by atoms with Gasteiger partial charge in [-0.15, -0.1) is 0 Å². The van der Waals surface area contributed by atoms with Crippen LogP contribution >= 0.6 is 0 Å². The number of hydrogen-bond acceptors (Lipinski definition) is 4. The highest BCUT2D eigenvalue weighted by molar-refractivity contribution is 5.91. The highest BCUT2D eigenvalue weighted by Crippen LogP contribution is 2.26. The van der Waals surface area contributed by atoms with Crippen molar-refractivity contribution in [3.63, 3.8) is 0 Å². The van der Waals surface area contributed by atoms with Crippen LogP contribution in [0.5, 0.6) is 11.5 Å². The van der Waals surface area contributed by atoms with Crippen LogP contribution in [0.1, 0.15) is 10.4 Å². The Morgan fingerprint density at radius 2 is 1.64 bits per heavy atom. The second kappa shape index (κ2) is 7.78. The lowest BCUT2D eigenvalue weighted by atomic mass is 10.1. The Morgan fingerprint density at radius 3 is 2.29 bits per heavy atom. The number of hydrogen-bond donors (Lipinski definition) is 0. The van der Waals surface area contributed by atoms with Gasteiger partial charge < -0.3 is 14.2 Å². The molecular weight excluding hydrogens is 366 g/mol. The van der Waals surface area contributed by atoms with Crippen molar-refractivity contribution in [3.8, 4) is 22.6 Å². The molecule has 4 rings (SSSR count). The molecule has 0 N–H and O–H groups in total. The van der Waals surface area contributed by atoms with Crippen LogP contribution < -0.4 is 9.47 Å². The van der Waals surface area contributed by atoms with Gasteiger partial charge in [0.2, 0.25) is 0 Å². The van der Waals surface area contributed by atoms with Gasteiger partial charge in [0.05, 0.1) is 12.2 Å². The second-order valence-electron chi connectivity index (χ2n) is 6.33. The molecule has 0 saturated carbocycles. The van der Waals surface area contributed by atoms with Gasteiger partial charge in [0, 0.05) is 0 Å². The maximum absolute atomic E-state index is 14.4. The molecule has 1 aliphatic rings. The minimum absolute atomic E-state index is 0.144. The third kappa shape index (κ3) is 4.35. The van der Waals surface area contributed by atoms with Crippen molar-refractivity contribution in [3.05, 3.63) is 83.9 Å². The van der Waals surface area contributed by atoms with Gasteiger partial charge in [-0.3, -0.25) is 0 Å². The molecule has 1 aliphatic heterocycles. The highest BCUT2D eigenvalue weighted by Gasteiger charge is 2.23. The fraction of sp³-hybridized carbons (Fsp3) is 0.136. The van der Waals surface area contributed by atoms with Gasteiger partial charge in [-0.05, 0) is 59.7 Å². The molecule has 0 aromatic heterocycles. The molecule has 0 bridgehead atoms. The van der Waals surface area contributed by atoms with Crippen molar-refractivity contribution in [2.24, 2.45) is 0 Å². The molecule has 3 aromatic carbocycles. The smallest absolute Gasteiger partial charge is 0.343 e. The van der Waals surface area contributed by atoms with E-state index in [9.17, 15) is 13.6 Å². The van der Waals surface area contributed by atoms with E-state index in [1.165, 1.54) is 24.3 Å². The lowest BCUT2D eigenvalue weighted by Crippen LogP contribution is -2.10. The van der Waals surface area contributed by atoms with E-state index < -0.39 is 11.8 Å².